The second-order valence-electron chi connectivity index (χ2n) is 5.82. The molecule has 0 bridgehead atoms. The van der Waals surface area contributed by atoms with Crippen LogP contribution in [-0.2, 0) is 16.0 Å². The summed E-state index contributed by atoms with van der Waals surface area (Å²) in [4.78, 5) is 26.6. The maximum Gasteiger partial charge on any atom is 0.326 e. The molecule has 0 aliphatic rings. The Hall–Kier alpha value is -3.41. The molecule has 1 aromatic heterocycles. The Morgan fingerprint density at radius 1 is 1.15 bits per heavy atom. The normalized spacial score (nSPS) is 12.3. The van der Waals surface area contributed by atoms with Gasteiger partial charge < -0.3 is 15.4 Å². The quantitative estimate of drug-likeness (QED) is 0.596. The van der Waals surface area contributed by atoms with Crippen molar-refractivity contribution in [2.24, 2.45) is 0 Å². The van der Waals surface area contributed by atoms with Gasteiger partial charge in [-0.05, 0) is 23.8 Å². The number of carbonyl (C=O) groups excluding carboxylic acids is 1. The number of halogens is 1. The molecule has 1 amide bonds. The van der Waals surface area contributed by atoms with Crippen LogP contribution in [0.2, 0.25) is 0 Å². The first-order chi connectivity index (χ1) is 12.5. The third-order valence-corrected chi connectivity index (χ3v) is 4.03. The third-order valence-electron chi connectivity index (χ3n) is 4.03. The van der Waals surface area contributed by atoms with E-state index in [4.69, 9.17) is 0 Å². The lowest BCUT2D eigenvalue weighted by Crippen LogP contribution is -2.41. The summed E-state index contributed by atoms with van der Waals surface area (Å²) in [5.74, 6) is -2.19. The summed E-state index contributed by atoms with van der Waals surface area (Å²) in [6.07, 6.45) is 4.32. The summed E-state index contributed by atoms with van der Waals surface area (Å²) < 4.78 is 13.6. The molecule has 1 heterocycles. The van der Waals surface area contributed by atoms with E-state index in [1.165, 1.54) is 18.2 Å². The first-order valence-corrected chi connectivity index (χ1v) is 8.05. The van der Waals surface area contributed by atoms with E-state index in [2.05, 4.69) is 10.3 Å². The fraction of sp³-hybridized carbons (Fsp3) is 0.100. The SMILES string of the molecule is O=C(/C=C/c1ccccc1F)N[C@@H](Cc1c[nH]c2ccccc12)C(=O)O. The van der Waals surface area contributed by atoms with Crippen molar-refractivity contribution in [1.29, 1.82) is 0 Å². The van der Waals surface area contributed by atoms with Gasteiger partial charge in [0.25, 0.3) is 0 Å². The molecule has 0 aliphatic heterocycles. The topological polar surface area (TPSA) is 82.2 Å². The number of nitrogens with one attached hydrogen (secondary N) is 2. The number of hydrogen-bond donors (Lipinski definition) is 3. The molecule has 0 fully saturated rings. The van der Waals surface area contributed by atoms with Crippen molar-refractivity contribution in [1.82, 2.24) is 10.3 Å². The maximum atomic E-state index is 13.6. The number of carboxylic acids is 1. The lowest BCUT2D eigenvalue weighted by molar-refractivity contribution is -0.141. The van der Waals surface area contributed by atoms with E-state index in [1.807, 2.05) is 24.3 Å². The largest absolute Gasteiger partial charge is 0.480 e. The highest BCUT2D eigenvalue weighted by Crippen LogP contribution is 2.19. The van der Waals surface area contributed by atoms with Crippen LogP contribution in [0.1, 0.15) is 11.1 Å². The number of fused-ring (bicyclic) bond motifs is 1. The summed E-state index contributed by atoms with van der Waals surface area (Å²) >= 11 is 0. The Labute approximate surface area is 149 Å². The zero-order valence-corrected chi connectivity index (χ0v) is 13.8. The molecule has 6 heteroatoms. The molecule has 5 nitrogen and oxygen atoms in total. The van der Waals surface area contributed by atoms with Crippen molar-refractivity contribution >= 4 is 28.9 Å². The number of carboxylic acid groups (broad SMARTS) is 1. The van der Waals surface area contributed by atoms with Crippen molar-refractivity contribution in [2.75, 3.05) is 0 Å². The van der Waals surface area contributed by atoms with Crippen molar-refractivity contribution in [2.45, 2.75) is 12.5 Å². The monoisotopic (exact) mass is 352 g/mol. The van der Waals surface area contributed by atoms with E-state index in [0.29, 0.717) is 0 Å². The summed E-state index contributed by atoms with van der Waals surface area (Å²) in [7, 11) is 0. The Balaban J connectivity index is 1.71. The van der Waals surface area contributed by atoms with Gasteiger partial charge in [0.2, 0.25) is 5.91 Å². The van der Waals surface area contributed by atoms with E-state index < -0.39 is 23.7 Å². The van der Waals surface area contributed by atoms with Gasteiger partial charge in [0.05, 0.1) is 0 Å². The van der Waals surface area contributed by atoms with Crippen LogP contribution in [0.25, 0.3) is 17.0 Å². The maximum absolute atomic E-state index is 13.6. The number of amides is 1. The molecule has 0 unspecified atom stereocenters. The number of carbonyl (C=O) groups is 2. The number of aliphatic carboxylic acids is 1. The first-order valence-electron chi connectivity index (χ1n) is 8.05. The van der Waals surface area contributed by atoms with Gasteiger partial charge in [0.15, 0.2) is 0 Å². The molecule has 0 radical (unpaired) electrons. The molecule has 3 N–H and O–H groups in total. The fourth-order valence-corrected chi connectivity index (χ4v) is 2.72. The number of hydrogen-bond acceptors (Lipinski definition) is 2. The highest BCUT2D eigenvalue weighted by atomic mass is 19.1. The zero-order valence-electron chi connectivity index (χ0n) is 13.8. The number of rotatable bonds is 6. The molecule has 0 saturated heterocycles. The summed E-state index contributed by atoms with van der Waals surface area (Å²) in [5, 5.41) is 12.8. The minimum absolute atomic E-state index is 0.138. The Morgan fingerprint density at radius 2 is 1.88 bits per heavy atom. The second kappa shape index (κ2) is 7.65. The lowest BCUT2D eigenvalue weighted by Gasteiger charge is -2.12. The van der Waals surface area contributed by atoms with Gasteiger partial charge >= 0.3 is 5.97 Å². The molecule has 3 rings (SSSR count). The molecule has 0 aliphatic carbocycles. The van der Waals surface area contributed by atoms with Crippen LogP contribution in [0.4, 0.5) is 4.39 Å². The van der Waals surface area contributed by atoms with Gasteiger partial charge in [-0.2, -0.15) is 0 Å². The standard InChI is InChI=1S/C20H17FN2O3/c21-16-7-3-1-5-13(16)9-10-19(24)23-18(20(25)26)11-14-12-22-17-8-4-2-6-15(14)17/h1-10,12,18,22H,11H2,(H,23,24)(H,25,26)/b10-9+/t18-/m0/s1. The van der Waals surface area contributed by atoms with Crippen LogP contribution >= 0.6 is 0 Å². The summed E-state index contributed by atoms with van der Waals surface area (Å²) in [6, 6.07) is 12.5. The molecular weight excluding hydrogens is 335 g/mol. The minimum atomic E-state index is -1.14. The lowest BCUT2D eigenvalue weighted by atomic mass is 10.0. The van der Waals surface area contributed by atoms with Crippen LogP contribution in [-0.4, -0.2) is 28.0 Å². The number of benzene rings is 2. The Bertz CT molecular complexity index is 978. The van der Waals surface area contributed by atoms with Crippen LogP contribution in [0, 0.1) is 5.82 Å². The van der Waals surface area contributed by atoms with Crippen molar-refractivity contribution < 1.29 is 19.1 Å². The van der Waals surface area contributed by atoms with E-state index >= 15 is 0 Å². The molecule has 0 saturated carbocycles. The molecule has 1 atom stereocenters. The highest BCUT2D eigenvalue weighted by Gasteiger charge is 2.21. The smallest absolute Gasteiger partial charge is 0.326 e. The number of aromatic amines is 1. The Morgan fingerprint density at radius 3 is 2.65 bits per heavy atom. The fourth-order valence-electron chi connectivity index (χ4n) is 2.72. The van der Waals surface area contributed by atoms with E-state index in [1.54, 1.807) is 18.3 Å². The number of H-pyrrole nitrogens is 1. The summed E-state index contributed by atoms with van der Waals surface area (Å²) in [6.45, 7) is 0. The predicted molar refractivity (Wildman–Crippen MR) is 97.0 cm³/mol. The highest BCUT2D eigenvalue weighted by molar-refractivity contribution is 5.94. The second-order valence-corrected chi connectivity index (χ2v) is 5.82. The first kappa shape index (κ1) is 17.4. The van der Waals surface area contributed by atoms with Gasteiger partial charge in [-0.3, -0.25) is 4.79 Å². The van der Waals surface area contributed by atoms with E-state index in [9.17, 15) is 19.1 Å². The predicted octanol–water partition coefficient (Wildman–Crippen LogP) is 3.13. The van der Waals surface area contributed by atoms with Crippen LogP contribution < -0.4 is 5.32 Å². The number of para-hydroxylation sites is 1. The molecule has 26 heavy (non-hydrogen) atoms. The van der Waals surface area contributed by atoms with Crippen LogP contribution in [0.5, 0.6) is 0 Å². The van der Waals surface area contributed by atoms with Crippen molar-refractivity contribution in [3.63, 3.8) is 0 Å². The van der Waals surface area contributed by atoms with E-state index in [0.717, 1.165) is 22.5 Å². The van der Waals surface area contributed by atoms with Gasteiger partial charge in [-0.25, -0.2) is 9.18 Å². The minimum Gasteiger partial charge on any atom is -0.480 e. The number of aromatic nitrogens is 1. The van der Waals surface area contributed by atoms with Crippen molar-refractivity contribution in [3.05, 3.63) is 77.7 Å². The molecule has 3 aromatic rings. The van der Waals surface area contributed by atoms with Crippen molar-refractivity contribution in [3.8, 4) is 0 Å². The zero-order chi connectivity index (χ0) is 18.5. The van der Waals surface area contributed by atoms with Gasteiger partial charge in [-0.15, -0.1) is 0 Å². The van der Waals surface area contributed by atoms with Crippen LogP contribution in [0.3, 0.4) is 0 Å². The molecule has 0 spiro atoms. The average Bonchev–Trinajstić information content (AvgIpc) is 3.03. The van der Waals surface area contributed by atoms with Gasteiger partial charge in [0, 0.05) is 35.2 Å². The Kier molecular flexibility index (Phi) is 5.12. The molecule has 132 valence electrons. The third kappa shape index (κ3) is 3.97. The van der Waals surface area contributed by atoms with Crippen LogP contribution in [0.15, 0.2) is 60.8 Å². The molecular formula is C20H17FN2O3. The van der Waals surface area contributed by atoms with Gasteiger partial charge in [0.1, 0.15) is 11.9 Å². The average molecular weight is 352 g/mol. The van der Waals surface area contributed by atoms with Gasteiger partial charge in [-0.1, -0.05) is 36.4 Å². The summed E-state index contributed by atoms with van der Waals surface area (Å²) in [5.41, 5.74) is 1.95. The molecule has 2 aromatic carbocycles. The van der Waals surface area contributed by atoms with E-state index in [-0.39, 0.29) is 12.0 Å².